The molecule has 0 spiro atoms. The highest BCUT2D eigenvalue weighted by Crippen LogP contribution is 2.28. The number of hydrogen-bond acceptors (Lipinski definition) is 3. The Hall–Kier alpha value is -0.900. The van der Waals surface area contributed by atoms with Gasteiger partial charge in [-0.1, -0.05) is 46.0 Å². The van der Waals surface area contributed by atoms with Gasteiger partial charge in [-0.15, -0.1) is 0 Å². The lowest BCUT2D eigenvalue weighted by Gasteiger charge is -2.44. The molecule has 0 aromatic heterocycles. The van der Waals surface area contributed by atoms with Crippen molar-refractivity contribution in [2.45, 2.75) is 85.0 Å². The Morgan fingerprint density at radius 1 is 1.04 bits per heavy atom. The Balaban J connectivity index is 2.57. The van der Waals surface area contributed by atoms with Crippen LogP contribution in [0.15, 0.2) is 0 Å². The number of ether oxygens (including phenoxy) is 1. The molecule has 140 valence electrons. The highest BCUT2D eigenvalue weighted by molar-refractivity contribution is 5.84. The standard InChI is InChI=1S/C20H38NO3/c1-4-6-7-8-9-10-14-21(17-20(23)24-18(3)22)15-11-13-19(16-21)12-5-2/h19H,4-17H2,1-3H3/q+1. The van der Waals surface area contributed by atoms with E-state index >= 15 is 0 Å². The summed E-state index contributed by atoms with van der Waals surface area (Å²) in [5.41, 5.74) is 0. The SMILES string of the molecule is CCCCCCCC[N+]1(CC(=O)OC(C)=O)CCCC(CCC)C1. The van der Waals surface area contributed by atoms with Crippen molar-refractivity contribution in [2.75, 3.05) is 26.2 Å². The minimum absolute atomic E-state index is 0.342. The Kier molecular flexibility index (Phi) is 10.2. The molecule has 1 rings (SSSR count). The Morgan fingerprint density at radius 2 is 1.75 bits per heavy atom. The van der Waals surface area contributed by atoms with Gasteiger partial charge in [-0.3, -0.25) is 4.79 Å². The van der Waals surface area contributed by atoms with Crippen molar-refractivity contribution in [3.05, 3.63) is 0 Å². The molecular weight excluding hydrogens is 302 g/mol. The molecule has 1 heterocycles. The van der Waals surface area contributed by atoms with Crippen LogP contribution in [0.25, 0.3) is 0 Å². The predicted octanol–water partition coefficient (Wildman–Crippen LogP) is 4.46. The maximum absolute atomic E-state index is 12.1. The average molecular weight is 341 g/mol. The van der Waals surface area contributed by atoms with Gasteiger partial charge in [-0.05, 0) is 32.1 Å². The van der Waals surface area contributed by atoms with Gasteiger partial charge in [0.2, 0.25) is 0 Å². The van der Waals surface area contributed by atoms with E-state index in [-0.39, 0.29) is 5.97 Å². The molecule has 4 heteroatoms. The first-order chi connectivity index (χ1) is 11.5. The van der Waals surface area contributed by atoms with E-state index in [9.17, 15) is 9.59 Å². The third-order valence-electron chi connectivity index (χ3n) is 5.30. The number of carbonyl (C=O) groups excluding carboxylic acids is 2. The highest BCUT2D eigenvalue weighted by atomic mass is 16.6. The maximum atomic E-state index is 12.1. The number of piperidine rings is 1. The summed E-state index contributed by atoms with van der Waals surface area (Å²) in [6, 6.07) is 0. The van der Waals surface area contributed by atoms with E-state index in [1.54, 1.807) is 0 Å². The summed E-state index contributed by atoms with van der Waals surface area (Å²) in [5, 5.41) is 0. The Morgan fingerprint density at radius 3 is 2.42 bits per heavy atom. The molecule has 2 atom stereocenters. The van der Waals surface area contributed by atoms with E-state index in [2.05, 4.69) is 13.8 Å². The number of quaternary nitrogens is 1. The van der Waals surface area contributed by atoms with Crippen LogP contribution in [0.3, 0.4) is 0 Å². The molecule has 0 N–H and O–H groups in total. The van der Waals surface area contributed by atoms with Crippen molar-refractivity contribution in [1.82, 2.24) is 0 Å². The third-order valence-corrected chi connectivity index (χ3v) is 5.30. The second kappa shape index (κ2) is 11.6. The number of esters is 2. The van der Waals surface area contributed by atoms with E-state index in [0.717, 1.165) is 24.1 Å². The summed E-state index contributed by atoms with van der Waals surface area (Å²) in [6.07, 6.45) is 12.6. The van der Waals surface area contributed by atoms with Crippen LogP contribution in [0, 0.1) is 5.92 Å². The summed E-state index contributed by atoms with van der Waals surface area (Å²) in [6.45, 7) is 9.35. The highest BCUT2D eigenvalue weighted by Gasteiger charge is 2.37. The number of likely N-dealkylation sites (tertiary alicyclic amines) is 1. The number of hydrogen-bond donors (Lipinski definition) is 0. The van der Waals surface area contributed by atoms with Gasteiger partial charge in [0, 0.05) is 12.8 Å². The van der Waals surface area contributed by atoms with Crippen LogP contribution < -0.4 is 0 Å². The van der Waals surface area contributed by atoms with Gasteiger partial charge in [0.15, 0.2) is 6.54 Å². The van der Waals surface area contributed by atoms with Crippen molar-refractivity contribution in [1.29, 1.82) is 0 Å². The van der Waals surface area contributed by atoms with E-state index < -0.39 is 5.97 Å². The maximum Gasteiger partial charge on any atom is 0.369 e. The quantitative estimate of drug-likeness (QED) is 0.241. The van der Waals surface area contributed by atoms with Crippen molar-refractivity contribution >= 4 is 11.9 Å². The molecule has 1 saturated heterocycles. The zero-order valence-corrected chi connectivity index (χ0v) is 16.1. The molecule has 0 aromatic rings. The summed E-state index contributed by atoms with van der Waals surface area (Å²) < 4.78 is 5.68. The number of nitrogens with zero attached hydrogens (tertiary/aromatic N) is 1. The first-order valence-electron chi connectivity index (χ1n) is 10.1. The van der Waals surface area contributed by atoms with Crippen molar-refractivity contribution < 1.29 is 18.8 Å². The minimum Gasteiger partial charge on any atom is -0.389 e. The summed E-state index contributed by atoms with van der Waals surface area (Å²) >= 11 is 0. The Bertz CT molecular complexity index is 381. The molecule has 2 unspecified atom stereocenters. The number of rotatable bonds is 11. The Labute approximate surface area is 148 Å². The second-order valence-corrected chi connectivity index (χ2v) is 7.66. The molecule has 4 nitrogen and oxygen atoms in total. The van der Waals surface area contributed by atoms with Crippen LogP contribution in [-0.2, 0) is 14.3 Å². The summed E-state index contributed by atoms with van der Waals surface area (Å²) in [5.74, 6) is -0.112. The lowest BCUT2D eigenvalue weighted by Crippen LogP contribution is -2.57. The lowest BCUT2D eigenvalue weighted by atomic mass is 9.91. The fraction of sp³-hybridized carbons (Fsp3) is 0.900. The molecule has 0 aliphatic carbocycles. The van der Waals surface area contributed by atoms with Crippen molar-refractivity contribution in [3.63, 3.8) is 0 Å². The van der Waals surface area contributed by atoms with E-state index in [0.29, 0.717) is 12.5 Å². The first kappa shape index (κ1) is 21.1. The van der Waals surface area contributed by atoms with Gasteiger partial charge in [-0.2, -0.15) is 0 Å². The van der Waals surface area contributed by atoms with Gasteiger partial charge >= 0.3 is 11.9 Å². The van der Waals surface area contributed by atoms with Gasteiger partial charge in [-0.25, -0.2) is 4.79 Å². The van der Waals surface area contributed by atoms with Crippen LogP contribution in [-0.4, -0.2) is 42.6 Å². The van der Waals surface area contributed by atoms with Crippen LogP contribution in [0.4, 0.5) is 0 Å². The van der Waals surface area contributed by atoms with Gasteiger partial charge < -0.3 is 9.22 Å². The summed E-state index contributed by atoms with van der Waals surface area (Å²) in [4.78, 5) is 23.2. The average Bonchev–Trinajstić information content (AvgIpc) is 2.50. The second-order valence-electron chi connectivity index (χ2n) is 7.66. The molecule has 0 amide bonds. The van der Waals surface area contributed by atoms with Gasteiger partial charge in [0.1, 0.15) is 0 Å². The van der Waals surface area contributed by atoms with E-state index in [1.165, 1.54) is 71.1 Å². The lowest BCUT2D eigenvalue weighted by molar-refractivity contribution is -0.929. The molecule has 1 fully saturated rings. The van der Waals surface area contributed by atoms with Crippen LogP contribution >= 0.6 is 0 Å². The predicted molar refractivity (Wildman–Crippen MR) is 97.5 cm³/mol. The third kappa shape index (κ3) is 8.27. The fourth-order valence-corrected chi connectivity index (χ4v) is 4.21. The molecule has 0 bridgehead atoms. The molecule has 0 radical (unpaired) electrons. The van der Waals surface area contributed by atoms with Gasteiger partial charge in [0.25, 0.3) is 0 Å². The van der Waals surface area contributed by atoms with Crippen molar-refractivity contribution in [3.8, 4) is 0 Å². The zero-order chi connectivity index (χ0) is 17.8. The molecular formula is C20H38NO3+. The van der Waals surface area contributed by atoms with Crippen LogP contribution in [0.2, 0.25) is 0 Å². The zero-order valence-electron chi connectivity index (χ0n) is 16.1. The molecule has 0 aromatic carbocycles. The monoisotopic (exact) mass is 340 g/mol. The molecule has 1 aliphatic heterocycles. The number of carbonyl (C=O) groups is 2. The van der Waals surface area contributed by atoms with E-state index in [1.807, 2.05) is 0 Å². The molecule has 1 aliphatic rings. The summed E-state index contributed by atoms with van der Waals surface area (Å²) in [7, 11) is 0. The van der Waals surface area contributed by atoms with E-state index in [4.69, 9.17) is 4.74 Å². The largest absolute Gasteiger partial charge is 0.389 e. The fourth-order valence-electron chi connectivity index (χ4n) is 4.21. The topological polar surface area (TPSA) is 43.4 Å². The smallest absolute Gasteiger partial charge is 0.369 e. The minimum atomic E-state index is -0.486. The van der Waals surface area contributed by atoms with Gasteiger partial charge in [0.05, 0.1) is 19.6 Å². The van der Waals surface area contributed by atoms with Crippen LogP contribution in [0.1, 0.15) is 85.0 Å². The van der Waals surface area contributed by atoms with Crippen LogP contribution in [0.5, 0.6) is 0 Å². The first-order valence-corrected chi connectivity index (χ1v) is 10.1. The molecule has 24 heavy (non-hydrogen) atoms. The van der Waals surface area contributed by atoms with Crippen molar-refractivity contribution in [2.24, 2.45) is 5.92 Å². The normalized spacial score (nSPS) is 23.9. The molecule has 0 saturated carbocycles. The number of unbranched alkanes of at least 4 members (excludes halogenated alkanes) is 5.